The fourth-order valence-corrected chi connectivity index (χ4v) is 3.12. The van der Waals surface area contributed by atoms with Gasteiger partial charge in [-0.05, 0) is 0 Å². The van der Waals surface area contributed by atoms with Crippen LogP contribution in [0.3, 0.4) is 0 Å². The third kappa shape index (κ3) is 2.50. The van der Waals surface area contributed by atoms with Crippen LogP contribution in [-0.2, 0) is 4.74 Å². The van der Waals surface area contributed by atoms with Gasteiger partial charge in [-0.15, -0.1) is 6.58 Å². The van der Waals surface area contributed by atoms with Crippen molar-refractivity contribution in [2.75, 3.05) is 0 Å². The van der Waals surface area contributed by atoms with Gasteiger partial charge in [0.2, 0.25) is 0 Å². The molecule has 0 aromatic carbocycles. The van der Waals surface area contributed by atoms with Gasteiger partial charge in [0.25, 0.3) is 0 Å². The summed E-state index contributed by atoms with van der Waals surface area (Å²) in [6.07, 6.45) is 2.17. The number of ether oxygens (including phenoxy) is 1. The average molecular weight is 190 g/mol. The van der Waals surface area contributed by atoms with Gasteiger partial charge >= 0.3 is 18.9 Å². The van der Waals surface area contributed by atoms with Crippen LogP contribution in [0, 0.1) is 5.73 Å². The van der Waals surface area contributed by atoms with E-state index >= 15 is 0 Å². The van der Waals surface area contributed by atoms with Crippen molar-refractivity contribution >= 4 is 8.07 Å². The number of epoxide rings is 1. The SMILES string of the molecule is C=C[C@H]1O[C-]1[Si](C)(C)C(C)(C)C.[Li+]. The van der Waals surface area contributed by atoms with Gasteiger partial charge in [0.15, 0.2) is 0 Å². The van der Waals surface area contributed by atoms with Gasteiger partial charge < -0.3 is 4.74 Å². The monoisotopic (exact) mass is 190 g/mol. The van der Waals surface area contributed by atoms with Gasteiger partial charge in [0.1, 0.15) is 0 Å². The van der Waals surface area contributed by atoms with E-state index in [0.717, 1.165) is 0 Å². The van der Waals surface area contributed by atoms with E-state index in [2.05, 4.69) is 40.4 Å². The Labute approximate surface area is 95.1 Å². The van der Waals surface area contributed by atoms with E-state index in [9.17, 15) is 0 Å². The number of rotatable bonds is 2. The molecule has 0 aliphatic carbocycles. The van der Waals surface area contributed by atoms with Crippen molar-refractivity contribution in [3.05, 3.63) is 18.4 Å². The predicted octanol–water partition coefficient (Wildman–Crippen LogP) is 0.155. The predicted molar refractivity (Wildman–Crippen MR) is 55.5 cm³/mol. The maximum atomic E-state index is 5.52. The molecular formula is C10H19LiOSi. The molecule has 0 aromatic heterocycles. The smallest absolute Gasteiger partial charge is 0.565 e. The van der Waals surface area contributed by atoms with Crippen LogP contribution in [0.15, 0.2) is 12.7 Å². The minimum atomic E-state index is -1.33. The molecule has 3 heteroatoms. The molecule has 1 saturated heterocycles. The molecule has 1 heterocycles. The molecular weight excluding hydrogens is 171 g/mol. The largest absolute Gasteiger partial charge is 1.00 e. The van der Waals surface area contributed by atoms with Crippen molar-refractivity contribution in [2.24, 2.45) is 0 Å². The molecule has 1 nitrogen and oxygen atoms in total. The number of hydrogen-bond donors (Lipinski definition) is 0. The summed E-state index contributed by atoms with van der Waals surface area (Å²) in [5, 5.41) is 0.389. The molecule has 0 saturated carbocycles. The minimum absolute atomic E-state index is 0. The third-order valence-electron chi connectivity index (χ3n) is 3.16. The second-order valence-corrected chi connectivity index (χ2v) is 10.3. The summed E-state index contributed by atoms with van der Waals surface area (Å²) in [7, 11) is -1.33. The van der Waals surface area contributed by atoms with Crippen LogP contribution in [0.2, 0.25) is 18.1 Å². The van der Waals surface area contributed by atoms with Gasteiger partial charge in [-0.3, -0.25) is 0 Å². The molecule has 1 fully saturated rings. The molecule has 70 valence electrons. The topological polar surface area (TPSA) is 12.5 Å². The third-order valence-corrected chi connectivity index (χ3v) is 8.54. The summed E-state index contributed by atoms with van der Waals surface area (Å²) in [5.41, 5.74) is 1.32. The molecule has 1 aliphatic heterocycles. The summed E-state index contributed by atoms with van der Waals surface area (Å²) in [6.45, 7) is 15.4. The quantitative estimate of drug-likeness (QED) is 0.261. The maximum absolute atomic E-state index is 5.52. The van der Waals surface area contributed by atoms with Gasteiger partial charge in [0.05, 0.1) is 0 Å². The summed E-state index contributed by atoms with van der Waals surface area (Å²) in [6, 6.07) is 0. The summed E-state index contributed by atoms with van der Waals surface area (Å²) in [4.78, 5) is 0. The fraction of sp³-hybridized carbons (Fsp3) is 0.700. The molecule has 0 unspecified atom stereocenters. The Bertz CT molecular complexity index is 196. The van der Waals surface area contributed by atoms with Crippen LogP contribution >= 0.6 is 0 Å². The van der Waals surface area contributed by atoms with Crippen LogP contribution in [0.5, 0.6) is 0 Å². The Kier molecular flexibility index (Phi) is 4.10. The van der Waals surface area contributed by atoms with Gasteiger partial charge in [-0.1, -0.05) is 59.2 Å². The van der Waals surface area contributed by atoms with Gasteiger partial charge in [0, 0.05) is 0 Å². The second kappa shape index (κ2) is 3.94. The second-order valence-electron chi connectivity index (χ2n) is 5.01. The molecule has 1 aliphatic rings. The first-order chi connectivity index (χ1) is 5.30. The van der Waals surface area contributed by atoms with Crippen molar-refractivity contribution in [3.63, 3.8) is 0 Å². The summed E-state index contributed by atoms with van der Waals surface area (Å²) < 4.78 is 5.52. The molecule has 0 spiro atoms. The molecule has 0 radical (unpaired) electrons. The van der Waals surface area contributed by atoms with E-state index in [1.165, 1.54) is 5.73 Å². The van der Waals surface area contributed by atoms with Crippen LogP contribution in [-0.4, -0.2) is 14.2 Å². The number of hydrogen-bond acceptors (Lipinski definition) is 1. The first kappa shape index (κ1) is 13.5. The summed E-state index contributed by atoms with van der Waals surface area (Å²) >= 11 is 0. The van der Waals surface area contributed by atoms with Crippen molar-refractivity contribution < 1.29 is 23.6 Å². The summed E-state index contributed by atoms with van der Waals surface area (Å²) in [5.74, 6) is 0. The molecule has 1 atom stereocenters. The first-order valence-corrected chi connectivity index (χ1v) is 7.47. The van der Waals surface area contributed by atoms with Crippen molar-refractivity contribution in [1.29, 1.82) is 0 Å². The molecule has 0 N–H and O–H groups in total. The van der Waals surface area contributed by atoms with Crippen LogP contribution in [0.1, 0.15) is 20.8 Å². The zero-order valence-corrected chi connectivity index (χ0v) is 10.8. The van der Waals surface area contributed by atoms with Crippen LogP contribution in [0.4, 0.5) is 0 Å². The Hall–Kier alpha value is 0.514. The molecule has 0 aromatic rings. The average Bonchev–Trinajstić information content (AvgIpc) is 2.62. The maximum Gasteiger partial charge on any atom is 1.00 e. The molecule has 13 heavy (non-hydrogen) atoms. The van der Waals surface area contributed by atoms with E-state index in [1.807, 2.05) is 6.08 Å². The molecule has 1 rings (SSSR count). The minimum Gasteiger partial charge on any atom is -0.565 e. The van der Waals surface area contributed by atoms with Gasteiger partial charge in [-0.2, -0.15) is 5.73 Å². The molecule has 0 bridgehead atoms. The van der Waals surface area contributed by atoms with Crippen molar-refractivity contribution in [3.8, 4) is 0 Å². The van der Waals surface area contributed by atoms with E-state index in [1.54, 1.807) is 0 Å². The molecule has 0 amide bonds. The Morgan fingerprint density at radius 2 is 1.85 bits per heavy atom. The van der Waals surface area contributed by atoms with Gasteiger partial charge in [-0.25, -0.2) is 0 Å². The van der Waals surface area contributed by atoms with E-state index in [0.29, 0.717) is 5.04 Å². The zero-order chi connectivity index (χ0) is 9.57. The Morgan fingerprint density at radius 1 is 1.38 bits per heavy atom. The Morgan fingerprint density at radius 3 is 2.08 bits per heavy atom. The first-order valence-electron chi connectivity index (χ1n) is 4.47. The Balaban J connectivity index is 0.00000144. The normalized spacial score (nSPS) is 23.6. The van der Waals surface area contributed by atoms with Crippen LogP contribution < -0.4 is 18.9 Å². The van der Waals surface area contributed by atoms with Crippen molar-refractivity contribution in [1.82, 2.24) is 0 Å². The van der Waals surface area contributed by atoms with Crippen LogP contribution in [0.25, 0.3) is 0 Å². The van der Waals surface area contributed by atoms with E-state index in [-0.39, 0.29) is 25.0 Å². The van der Waals surface area contributed by atoms with Crippen molar-refractivity contribution in [2.45, 2.75) is 45.0 Å². The fourth-order valence-electron chi connectivity index (χ4n) is 1.13. The zero-order valence-electron chi connectivity index (χ0n) is 9.77. The standard InChI is InChI=1S/C10H19OSi.Li/c1-7-8-9(11-8)12(5,6)10(2,3)4;/h7-8H,1H2,2-6H3;/q-1;+1/t8-;/m1./s1. The van der Waals surface area contributed by atoms with E-state index in [4.69, 9.17) is 4.74 Å². The van der Waals surface area contributed by atoms with E-state index < -0.39 is 8.07 Å².